The van der Waals surface area contributed by atoms with Gasteiger partial charge in [-0.3, -0.25) is 4.79 Å². The van der Waals surface area contributed by atoms with Crippen LogP contribution in [0.15, 0.2) is 5.38 Å². The Morgan fingerprint density at radius 3 is 3.07 bits per heavy atom. The van der Waals surface area contributed by atoms with Gasteiger partial charge in [-0.25, -0.2) is 4.98 Å². The number of nitrogens with zero attached hydrogens (tertiary/aromatic N) is 1. The minimum absolute atomic E-state index is 0.0712. The summed E-state index contributed by atoms with van der Waals surface area (Å²) in [6.07, 6.45) is 0.892. The van der Waals surface area contributed by atoms with E-state index in [0.29, 0.717) is 5.13 Å². The minimum Gasteiger partial charge on any atom is -0.316 e. The van der Waals surface area contributed by atoms with Gasteiger partial charge in [0.2, 0.25) is 5.91 Å². The van der Waals surface area contributed by atoms with E-state index in [1.54, 1.807) is 0 Å². The second-order valence-electron chi connectivity index (χ2n) is 4.24. The van der Waals surface area contributed by atoms with Crippen LogP contribution in [0.3, 0.4) is 0 Å². The molecule has 1 amide bonds. The predicted molar refractivity (Wildman–Crippen MR) is 61.1 cm³/mol. The van der Waals surface area contributed by atoms with E-state index in [1.807, 2.05) is 19.2 Å². The van der Waals surface area contributed by atoms with Gasteiger partial charge in [-0.15, -0.1) is 11.3 Å². The molecular formula is C10H15N3OS. The Balaban J connectivity index is 2.03. The second-order valence-corrected chi connectivity index (χ2v) is 5.09. The van der Waals surface area contributed by atoms with Crippen molar-refractivity contribution in [1.29, 1.82) is 0 Å². The van der Waals surface area contributed by atoms with E-state index in [0.717, 1.165) is 25.2 Å². The molecule has 82 valence electrons. The summed E-state index contributed by atoms with van der Waals surface area (Å²) in [7, 11) is 0. The molecule has 0 saturated carbocycles. The van der Waals surface area contributed by atoms with Gasteiger partial charge < -0.3 is 10.6 Å². The highest BCUT2D eigenvalue weighted by atomic mass is 32.1. The molecule has 0 aliphatic carbocycles. The van der Waals surface area contributed by atoms with E-state index >= 15 is 0 Å². The number of hydrogen-bond acceptors (Lipinski definition) is 4. The Hall–Kier alpha value is -0.940. The summed E-state index contributed by atoms with van der Waals surface area (Å²) in [5.74, 6) is 0.0712. The van der Waals surface area contributed by atoms with Gasteiger partial charge in [-0.1, -0.05) is 0 Å². The lowest BCUT2D eigenvalue weighted by Gasteiger charge is -2.20. The molecule has 0 spiro atoms. The Labute approximate surface area is 93.1 Å². The molecule has 1 aromatic heterocycles. The number of carbonyl (C=O) groups excluding carboxylic acids is 1. The van der Waals surface area contributed by atoms with Gasteiger partial charge >= 0.3 is 0 Å². The molecule has 2 heterocycles. The van der Waals surface area contributed by atoms with Crippen LogP contribution < -0.4 is 10.6 Å². The zero-order valence-corrected chi connectivity index (χ0v) is 9.78. The largest absolute Gasteiger partial charge is 0.316 e. The molecule has 1 atom stereocenters. The van der Waals surface area contributed by atoms with Crippen molar-refractivity contribution in [3.05, 3.63) is 11.1 Å². The fraction of sp³-hybridized carbons (Fsp3) is 0.600. The molecule has 1 unspecified atom stereocenters. The highest BCUT2D eigenvalue weighted by Crippen LogP contribution is 2.27. The molecule has 0 aromatic carbocycles. The maximum Gasteiger partial charge on any atom is 0.233 e. The molecule has 2 N–H and O–H groups in total. The first kappa shape index (κ1) is 10.6. The van der Waals surface area contributed by atoms with E-state index in [-0.39, 0.29) is 11.3 Å². The van der Waals surface area contributed by atoms with Crippen molar-refractivity contribution in [3.63, 3.8) is 0 Å². The average Bonchev–Trinajstić information content (AvgIpc) is 2.76. The molecule has 4 nitrogen and oxygen atoms in total. The van der Waals surface area contributed by atoms with Gasteiger partial charge in [0, 0.05) is 11.9 Å². The van der Waals surface area contributed by atoms with Crippen molar-refractivity contribution in [1.82, 2.24) is 10.3 Å². The number of amides is 1. The number of carbonyl (C=O) groups is 1. The summed E-state index contributed by atoms with van der Waals surface area (Å²) in [6, 6.07) is 0. The maximum absolute atomic E-state index is 12.0. The van der Waals surface area contributed by atoms with Crippen LogP contribution in [-0.4, -0.2) is 24.0 Å². The highest BCUT2D eigenvalue weighted by molar-refractivity contribution is 7.13. The zero-order chi connectivity index (χ0) is 10.9. The lowest BCUT2D eigenvalue weighted by Crippen LogP contribution is -2.35. The molecule has 2 rings (SSSR count). The smallest absolute Gasteiger partial charge is 0.233 e. The number of anilines is 1. The van der Waals surface area contributed by atoms with E-state index in [9.17, 15) is 4.79 Å². The first-order valence-corrected chi connectivity index (χ1v) is 5.92. The molecule has 1 saturated heterocycles. The van der Waals surface area contributed by atoms with Crippen LogP contribution in [0.4, 0.5) is 5.13 Å². The third-order valence-corrected chi connectivity index (χ3v) is 3.63. The Bertz CT molecular complexity index is 368. The fourth-order valence-corrected chi connectivity index (χ4v) is 2.35. The van der Waals surface area contributed by atoms with E-state index in [4.69, 9.17) is 0 Å². The van der Waals surface area contributed by atoms with Gasteiger partial charge in [-0.2, -0.15) is 0 Å². The molecule has 1 aliphatic heterocycles. The van der Waals surface area contributed by atoms with Crippen LogP contribution in [0.2, 0.25) is 0 Å². The third-order valence-electron chi connectivity index (χ3n) is 2.76. The van der Waals surface area contributed by atoms with Crippen molar-refractivity contribution in [2.45, 2.75) is 20.3 Å². The van der Waals surface area contributed by atoms with Crippen molar-refractivity contribution >= 4 is 22.4 Å². The van der Waals surface area contributed by atoms with Gasteiger partial charge in [0.1, 0.15) is 0 Å². The quantitative estimate of drug-likeness (QED) is 0.799. The van der Waals surface area contributed by atoms with E-state index < -0.39 is 0 Å². The fourth-order valence-electron chi connectivity index (χ4n) is 1.67. The molecule has 0 radical (unpaired) electrons. The standard InChI is InChI=1S/C10H15N3OS/c1-7-5-15-9(12-7)13-8(14)10(2)3-4-11-6-10/h5,11H,3-4,6H2,1-2H3,(H,12,13,14). The number of thiazole rings is 1. The number of nitrogens with one attached hydrogen (secondary N) is 2. The molecule has 1 aromatic rings. The Morgan fingerprint density at radius 1 is 1.73 bits per heavy atom. The molecule has 0 bridgehead atoms. The molecule has 15 heavy (non-hydrogen) atoms. The van der Waals surface area contributed by atoms with Crippen LogP contribution in [0.5, 0.6) is 0 Å². The summed E-state index contributed by atoms with van der Waals surface area (Å²) in [4.78, 5) is 16.2. The molecule has 1 fully saturated rings. The zero-order valence-electron chi connectivity index (χ0n) is 8.96. The second kappa shape index (κ2) is 3.90. The van der Waals surface area contributed by atoms with Crippen LogP contribution in [0, 0.1) is 12.3 Å². The lowest BCUT2D eigenvalue weighted by atomic mass is 9.89. The number of aromatic nitrogens is 1. The monoisotopic (exact) mass is 225 g/mol. The third kappa shape index (κ3) is 2.18. The number of aryl methyl sites for hydroxylation is 1. The van der Waals surface area contributed by atoms with Crippen LogP contribution in [0.25, 0.3) is 0 Å². The van der Waals surface area contributed by atoms with Gasteiger partial charge in [0.05, 0.1) is 11.1 Å². The van der Waals surface area contributed by atoms with Gasteiger partial charge in [0.25, 0.3) is 0 Å². The van der Waals surface area contributed by atoms with Gasteiger partial charge in [0.15, 0.2) is 5.13 Å². The minimum atomic E-state index is -0.278. The summed E-state index contributed by atoms with van der Waals surface area (Å²) in [5, 5.41) is 8.72. The van der Waals surface area contributed by atoms with E-state index in [2.05, 4.69) is 15.6 Å². The molecular weight excluding hydrogens is 210 g/mol. The summed E-state index contributed by atoms with van der Waals surface area (Å²) >= 11 is 1.47. The van der Waals surface area contributed by atoms with Crippen molar-refractivity contribution < 1.29 is 4.79 Å². The SMILES string of the molecule is Cc1csc(NC(=O)C2(C)CCNC2)n1. The first-order chi connectivity index (χ1) is 7.10. The normalized spacial score (nSPS) is 25.5. The topological polar surface area (TPSA) is 54.0 Å². The van der Waals surface area contributed by atoms with Gasteiger partial charge in [-0.05, 0) is 26.8 Å². The predicted octanol–water partition coefficient (Wildman–Crippen LogP) is 1.39. The molecule has 1 aliphatic rings. The Morgan fingerprint density at radius 2 is 2.53 bits per heavy atom. The summed E-state index contributed by atoms with van der Waals surface area (Å²) in [6.45, 7) is 5.58. The average molecular weight is 225 g/mol. The molecule has 5 heteroatoms. The number of hydrogen-bond donors (Lipinski definition) is 2. The lowest BCUT2D eigenvalue weighted by molar-refractivity contribution is -0.123. The summed E-state index contributed by atoms with van der Waals surface area (Å²) in [5.41, 5.74) is 0.671. The Kier molecular flexibility index (Phi) is 2.75. The van der Waals surface area contributed by atoms with Crippen LogP contribution in [-0.2, 0) is 4.79 Å². The summed E-state index contributed by atoms with van der Waals surface area (Å²) < 4.78 is 0. The van der Waals surface area contributed by atoms with E-state index in [1.165, 1.54) is 11.3 Å². The maximum atomic E-state index is 12.0. The number of rotatable bonds is 2. The highest BCUT2D eigenvalue weighted by Gasteiger charge is 2.36. The van der Waals surface area contributed by atoms with Crippen LogP contribution >= 0.6 is 11.3 Å². The van der Waals surface area contributed by atoms with Crippen molar-refractivity contribution in [3.8, 4) is 0 Å². The first-order valence-electron chi connectivity index (χ1n) is 5.04. The van der Waals surface area contributed by atoms with Crippen LogP contribution in [0.1, 0.15) is 19.0 Å². The van der Waals surface area contributed by atoms with Crippen molar-refractivity contribution in [2.75, 3.05) is 18.4 Å². The van der Waals surface area contributed by atoms with Crippen molar-refractivity contribution in [2.24, 2.45) is 5.41 Å².